The van der Waals surface area contributed by atoms with E-state index in [1.807, 2.05) is 0 Å². The minimum Gasteiger partial charge on any atom is -0.471 e. The molecule has 2 aromatic heterocycles. The van der Waals surface area contributed by atoms with E-state index in [4.69, 9.17) is 9.47 Å². The van der Waals surface area contributed by atoms with Gasteiger partial charge in [0.1, 0.15) is 18.0 Å². The molecule has 35 heavy (non-hydrogen) atoms. The summed E-state index contributed by atoms with van der Waals surface area (Å²) in [6, 6.07) is 2.83. The normalized spacial score (nSPS) is 22.1. The summed E-state index contributed by atoms with van der Waals surface area (Å²) in [5, 5.41) is 16.0. The first kappa shape index (κ1) is 24.9. The van der Waals surface area contributed by atoms with Crippen LogP contribution in [0, 0.1) is 5.92 Å². The number of alkyl carbamates (subject to hydrolysis) is 1. The van der Waals surface area contributed by atoms with Gasteiger partial charge in [-0.3, -0.25) is 14.6 Å². The Morgan fingerprint density at radius 1 is 1.29 bits per heavy atom. The molecule has 2 saturated carbocycles. The SMILES string of the molecule is Cn1nc(OCC(F)F)cc1C(=O)Nc1cc([C@@H]2C[C@H](F)[C@H](OC(=O)NCCC3CCC3)C2)[nH]n1. The molecule has 0 unspecified atom stereocenters. The summed E-state index contributed by atoms with van der Waals surface area (Å²) in [5.41, 5.74) is 0.686. The molecule has 2 aromatic rings. The maximum absolute atomic E-state index is 14.5. The molecule has 192 valence electrons. The van der Waals surface area contributed by atoms with Crippen LogP contribution >= 0.6 is 0 Å². The average molecular weight is 499 g/mol. The molecule has 2 aliphatic rings. The number of nitrogens with zero attached hydrogens (tertiary/aromatic N) is 3. The van der Waals surface area contributed by atoms with Crippen LogP contribution in [-0.2, 0) is 11.8 Å². The van der Waals surface area contributed by atoms with Gasteiger partial charge in [-0.25, -0.2) is 18.0 Å². The van der Waals surface area contributed by atoms with Gasteiger partial charge in [0, 0.05) is 37.3 Å². The number of halogens is 3. The van der Waals surface area contributed by atoms with Crippen LogP contribution in [0.4, 0.5) is 23.8 Å². The first-order chi connectivity index (χ1) is 16.8. The fourth-order valence-corrected chi connectivity index (χ4v) is 4.33. The van der Waals surface area contributed by atoms with Crippen molar-refractivity contribution in [3.8, 4) is 5.88 Å². The van der Waals surface area contributed by atoms with E-state index in [2.05, 4.69) is 25.9 Å². The zero-order valence-corrected chi connectivity index (χ0v) is 19.3. The number of anilines is 1. The zero-order valence-electron chi connectivity index (χ0n) is 19.3. The maximum atomic E-state index is 14.5. The molecule has 2 amide bonds. The fourth-order valence-electron chi connectivity index (χ4n) is 4.33. The molecule has 4 rings (SSSR count). The maximum Gasteiger partial charge on any atom is 0.407 e. The second-order valence-electron chi connectivity index (χ2n) is 9.00. The number of carbonyl (C=O) groups is 2. The highest BCUT2D eigenvalue weighted by Gasteiger charge is 2.39. The van der Waals surface area contributed by atoms with E-state index < -0.39 is 37.3 Å². The van der Waals surface area contributed by atoms with Gasteiger partial charge in [0.05, 0.1) is 0 Å². The number of aromatic nitrogens is 4. The molecule has 10 nitrogen and oxygen atoms in total. The topological polar surface area (TPSA) is 123 Å². The molecule has 0 aliphatic heterocycles. The highest BCUT2D eigenvalue weighted by atomic mass is 19.3. The van der Waals surface area contributed by atoms with Crippen LogP contribution in [-0.4, -0.2) is 63.8 Å². The van der Waals surface area contributed by atoms with Gasteiger partial charge in [-0.2, -0.15) is 5.10 Å². The number of aromatic amines is 1. The number of hydrogen-bond acceptors (Lipinski definition) is 6. The van der Waals surface area contributed by atoms with Crippen molar-refractivity contribution in [2.45, 2.75) is 63.1 Å². The Labute approximate surface area is 199 Å². The summed E-state index contributed by atoms with van der Waals surface area (Å²) >= 11 is 0. The number of aryl methyl sites for hydroxylation is 1. The van der Waals surface area contributed by atoms with Crippen LogP contribution in [0.15, 0.2) is 12.1 Å². The van der Waals surface area contributed by atoms with Crippen molar-refractivity contribution in [1.82, 2.24) is 25.3 Å². The van der Waals surface area contributed by atoms with Crippen LogP contribution in [0.5, 0.6) is 5.88 Å². The predicted octanol–water partition coefficient (Wildman–Crippen LogP) is 3.54. The number of rotatable bonds is 10. The Hall–Kier alpha value is -3.25. The van der Waals surface area contributed by atoms with Gasteiger partial charge in [-0.05, 0) is 25.2 Å². The number of carbonyl (C=O) groups excluding carboxylic acids is 2. The number of amides is 2. The zero-order chi connectivity index (χ0) is 24.9. The molecule has 3 atom stereocenters. The minimum atomic E-state index is -2.66. The highest BCUT2D eigenvalue weighted by molar-refractivity contribution is 6.02. The highest BCUT2D eigenvalue weighted by Crippen LogP contribution is 2.38. The summed E-state index contributed by atoms with van der Waals surface area (Å²) in [7, 11) is 1.48. The molecule has 2 heterocycles. The summed E-state index contributed by atoms with van der Waals surface area (Å²) in [6.07, 6.45) is -0.446. The van der Waals surface area contributed by atoms with Crippen LogP contribution in [0.25, 0.3) is 0 Å². The van der Waals surface area contributed by atoms with E-state index in [0.29, 0.717) is 24.6 Å². The smallest absolute Gasteiger partial charge is 0.407 e. The van der Waals surface area contributed by atoms with Crippen molar-refractivity contribution in [2.24, 2.45) is 13.0 Å². The van der Waals surface area contributed by atoms with E-state index in [0.717, 1.165) is 6.42 Å². The van der Waals surface area contributed by atoms with Crippen molar-refractivity contribution in [1.29, 1.82) is 0 Å². The van der Waals surface area contributed by atoms with Crippen molar-refractivity contribution < 1.29 is 32.2 Å². The second kappa shape index (κ2) is 11.0. The minimum absolute atomic E-state index is 0.0836. The largest absolute Gasteiger partial charge is 0.471 e. The molecule has 0 aromatic carbocycles. The van der Waals surface area contributed by atoms with Crippen LogP contribution in [0.2, 0.25) is 0 Å². The van der Waals surface area contributed by atoms with Crippen LogP contribution < -0.4 is 15.4 Å². The number of ether oxygens (including phenoxy) is 2. The van der Waals surface area contributed by atoms with Gasteiger partial charge in [-0.1, -0.05) is 19.3 Å². The molecule has 13 heteroatoms. The Kier molecular flexibility index (Phi) is 7.81. The number of nitrogens with one attached hydrogen (secondary N) is 3. The lowest BCUT2D eigenvalue weighted by molar-refractivity contribution is 0.0602. The third-order valence-electron chi connectivity index (χ3n) is 6.46. The molecule has 3 N–H and O–H groups in total. The summed E-state index contributed by atoms with van der Waals surface area (Å²) in [5.74, 6) is -0.0658. The molecule has 0 saturated heterocycles. The first-order valence-corrected chi connectivity index (χ1v) is 11.7. The van der Waals surface area contributed by atoms with E-state index in [1.165, 1.54) is 37.1 Å². The van der Waals surface area contributed by atoms with Gasteiger partial charge >= 0.3 is 6.09 Å². The molecule has 0 bridgehead atoms. The van der Waals surface area contributed by atoms with Crippen molar-refractivity contribution in [2.75, 3.05) is 18.5 Å². The summed E-state index contributed by atoms with van der Waals surface area (Å²) in [6.45, 7) is -0.304. The van der Waals surface area contributed by atoms with E-state index in [9.17, 15) is 22.8 Å². The van der Waals surface area contributed by atoms with E-state index in [-0.39, 0.29) is 29.7 Å². The predicted molar refractivity (Wildman–Crippen MR) is 118 cm³/mol. The Balaban J connectivity index is 1.26. The molecular weight excluding hydrogens is 469 g/mol. The van der Waals surface area contributed by atoms with Gasteiger partial charge in [0.25, 0.3) is 12.3 Å². The number of hydrogen-bond donors (Lipinski definition) is 3. The second-order valence-corrected chi connectivity index (χ2v) is 9.00. The van der Waals surface area contributed by atoms with Crippen molar-refractivity contribution >= 4 is 17.8 Å². The fraction of sp³-hybridized carbons (Fsp3) is 0.636. The standard InChI is InChI=1S/C22H29F3N6O4/c1-31-16(10-20(30-31)34-11-18(24)25)21(32)27-19-9-15(28-29-19)13-7-14(23)17(8-13)35-22(33)26-6-5-12-3-2-4-12/h9-10,12-14,17-18H,2-8,11H2,1H3,(H,26,33)(H2,27,28,29,32)/t13-,14+,17-/m1/s1. The quantitative estimate of drug-likeness (QED) is 0.461. The third-order valence-corrected chi connectivity index (χ3v) is 6.46. The molecule has 0 radical (unpaired) electrons. The Morgan fingerprint density at radius 2 is 2.09 bits per heavy atom. The monoisotopic (exact) mass is 498 g/mol. The summed E-state index contributed by atoms with van der Waals surface area (Å²) in [4.78, 5) is 24.6. The van der Waals surface area contributed by atoms with Crippen LogP contribution in [0.1, 0.15) is 60.6 Å². The van der Waals surface area contributed by atoms with Crippen molar-refractivity contribution in [3.63, 3.8) is 0 Å². The lowest BCUT2D eigenvalue weighted by atomic mass is 9.83. The molecule has 2 fully saturated rings. The number of alkyl halides is 3. The first-order valence-electron chi connectivity index (χ1n) is 11.7. The molecule has 2 aliphatic carbocycles. The third kappa shape index (κ3) is 6.45. The van der Waals surface area contributed by atoms with E-state index >= 15 is 0 Å². The Bertz CT molecular complexity index is 1020. The Morgan fingerprint density at radius 3 is 2.80 bits per heavy atom. The van der Waals surface area contributed by atoms with Crippen LogP contribution in [0.3, 0.4) is 0 Å². The molecular formula is C22H29F3N6O4. The average Bonchev–Trinajstić information content (AvgIpc) is 3.47. The van der Waals surface area contributed by atoms with Gasteiger partial charge in [0.15, 0.2) is 12.4 Å². The van der Waals surface area contributed by atoms with E-state index in [1.54, 1.807) is 6.07 Å². The van der Waals surface area contributed by atoms with Gasteiger partial charge in [-0.15, -0.1) is 5.10 Å². The lowest BCUT2D eigenvalue weighted by Crippen LogP contribution is -2.33. The van der Waals surface area contributed by atoms with Gasteiger partial charge in [0.2, 0.25) is 5.88 Å². The summed E-state index contributed by atoms with van der Waals surface area (Å²) < 4.78 is 50.4. The van der Waals surface area contributed by atoms with Gasteiger partial charge < -0.3 is 20.1 Å². The lowest BCUT2D eigenvalue weighted by Gasteiger charge is -2.25. The molecule has 0 spiro atoms. The number of H-pyrrole nitrogens is 1. The van der Waals surface area contributed by atoms with Crippen molar-refractivity contribution in [3.05, 3.63) is 23.5 Å².